The van der Waals surface area contributed by atoms with Gasteiger partial charge in [-0.15, -0.1) is 0 Å². The average molecular weight is 265 g/mol. The summed E-state index contributed by atoms with van der Waals surface area (Å²) in [6.45, 7) is 3.63. The molecule has 1 rings (SSSR count). The number of carboxylic acid groups (broad SMARTS) is 2. The van der Waals surface area contributed by atoms with Crippen LogP contribution in [-0.2, 0) is 16.0 Å². The van der Waals surface area contributed by atoms with Crippen LogP contribution in [0.4, 0.5) is 0 Å². The molecule has 0 aliphatic carbocycles. The lowest BCUT2D eigenvalue weighted by Crippen LogP contribution is -2.43. The normalized spacial score (nSPS) is 12.4. The van der Waals surface area contributed by atoms with Crippen molar-refractivity contribution in [3.05, 3.63) is 35.4 Å². The van der Waals surface area contributed by atoms with Gasteiger partial charge in [0, 0.05) is 6.54 Å². The molecule has 5 nitrogen and oxygen atoms in total. The van der Waals surface area contributed by atoms with Crippen LogP contribution >= 0.6 is 0 Å². The smallest absolute Gasteiger partial charge is 0.320 e. The Balaban J connectivity index is 2.64. The molecule has 104 valence electrons. The molecule has 5 heteroatoms. The first kappa shape index (κ1) is 15.2. The molecular formula is C14H19NO4. The van der Waals surface area contributed by atoms with Crippen molar-refractivity contribution < 1.29 is 19.8 Å². The van der Waals surface area contributed by atoms with Crippen molar-refractivity contribution in [2.45, 2.75) is 26.3 Å². The highest BCUT2D eigenvalue weighted by molar-refractivity contribution is 5.75. The fourth-order valence-electron chi connectivity index (χ4n) is 1.77. The minimum Gasteiger partial charge on any atom is -0.480 e. The summed E-state index contributed by atoms with van der Waals surface area (Å²) in [6.07, 6.45) is 0.630. The molecule has 2 N–H and O–H groups in total. The van der Waals surface area contributed by atoms with E-state index in [2.05, 4.69) is 0 Å². The zero-order valence-electron chi connectivity index (χ0n) is 11.2. The molecule has 1 atom stereocenters. The number of aryl methyl sites for hydroxylation is 1. The summed E-state index contributed by atoms with van der Waals surface area (Å²) in [5, 5.41) is 17.8. The summed E-state index contributed by atoms with van der Waals surface area (Å²) in [7, 11) is 0. The molecule has 1 aromatic carbocycles. The van der Waals surface area contributed by atoms with Crippen molar-refractivity contribution in [3.63, 3.8) is 0 Å². The molecule has 0 fully saturated rings. The van der Waals surface area contributed by atoms with Crippen LogP contribution in [-0.4, -0.2) is 46.2 Å². The van der Waals surface area contributed by atoms with Crippen molar-refractivity contribution in [2.24, 2.45) is 0 Å². The zero-order chi connectivity index (χ0) is 14.4. The fraction of sp³-hybridized carbons (Fsp3) is 0.429. The molecule has 0 aliphatic rings. The first-order valence-corrected chi connectivity index (χ1v) is 6.14. The number of aliphatic carboxylic acids is 2. The summed E-state index contributed by atoms with van der Waals surface area (Å²) in [5.74, 6) is -2.03. The van der Waals surface area contributed by atoms with Crippen LogP contribution in [0.3, 0.4) is 0 Å². The Labute approximate surface area is 112 Å². The van der Waals surface area contributed by atoms with E-state index >= 15 is 0 Å². The second-order valence-corrected chi connectivity index (χ2v) is 4.61. The SMILES string of the molecule is Cc1ccc(CCN(CC(=O)O)[C@H](C)C(=O)O)cc1. The number of nitrogens with zero attached hydrogens (tertiary/aromatic N) is 1. The lowest BCUT2D eigenvalue weighted by molar-refractivity contribution is -0.145. The predicted octanol–water partition coefficient (Wildman–Crippen LogP) is 1.40. The molecule has 0 amide bonds. The molecule has 0 aromatic heterocycles. The minimum atomic E-state index is -1.02. The Morgan fingerprint density at radius 3 is 2.26 bits per heavy atom. The number of hydrogen-bond acceptors (Lipinski definition) is 3. The number of hydrogen-bond donors (Lipinski definition) is 2. The molecule has 0 saturated heterocycles. The van der Waals surface area contributed by atoms with Crippen LogP contribution < -0.4 is 0 Å². The number of benzene rings is 1. The fourth-order valence-corrected chi connectivity index (χ4v) is 1.77. The van der Waals surface area contributed by atoms with Crippen molar-refractivity contribution in [3.8, 4) is 0 Å². The summed E-state index contributed by atoms with van der Waals surface area (Å²) < 4.78 is 0. The van der Waals surface area contributed by atoms with E-state index in [0.29, 0.717) is 13.0 Å². The van der Waals surface area contributed by atoms with Crippen molar-refractivity contribution >= 4 is 11.9 Å². The first-order valence-electron chi connectivity index (χ1n) is 6.14. The average Bonchev–Trinajstić information content (AvgIpc) is 2.35. The third-order valence-electron chi connectivity index (χ3n) is 3.05. The second-order valence-electron chi connectivity index (χ2n) is 4.61. The Kier molecular flexibility index (Phi) is 5.51. The quantitative estimate of drug-likeness (QED) is 0.779. The summed E-state index contributed by atoms with van der Waals surface area (Å²) in [6, 6.07) is 7.11. The van der Waals surface area contributed by atoms with Gasteiger partial charge in [-0.1, -0.05) is 29.8 Å². The highest BCUT2D eigenvalue weighted by Gasteiger charge is 2.22. The Bertz CT molecular complexity index is 441. The number of carbonyl (C=O) groups is 2. The molecule has 0 aliphatic heterocycles. The van der Waals surface area contributed by atoms with Gasteiger partial charge < -0.3 is 10.2 Å². The van der Waals surface area contributed by atoms with Gasteiger partial charge in [-0.25, -0.2) is 0 Å². The molecule has 0 heterocycles. The molecular weight excluding hydrogens is 246 g/mol. The van der Waals surface area contributed by atoms with E-state index in [1.54, 1.807) is 0 Å². The van der Waals surface area contributed by atoms with Crippen molar-refractivity contribution in [1.29, 1.82) is 0 Å². The third kappa shape index (κ3) is 5.09. The van der Waals surface area contributed by atoms with Crippen LogP contribution in [0.25, 0.3) is 0 Å². The predicted molar refractivity (Wildman–Crippen MR) is 71.2 cm³/mol. The standard InChI is InChI=1S/C14H19NO4/c1-10-3-5-12(6-4-10)7-8-15(9-13(16)17)11(2)14(18)19/h3-6,11H,7-9H2,1-2H3,(H,16,17)(H,18,19)/t11-/m1/s1. The van der Waals surface area contributed by atoms with E-state index < -0.39 is 18.0 Å². The molecule has 1 aromatic rings. The first-order chi connectivity index (χ1) is 8.90. The lowest BCUT2D eigenvalue weighted by Gasteiger charge is -2.24. The van der Waals surface area contributed by atoms with E-state index in [1.807, 2.05) is 31.2 Å². The monoisotopic (exact) mass is 265 g/mol. The van der Waals surface area contributed by atoms with Gasteiger partial charge in [0.15, 0.2) is 0 Å². The lowest BCUT2D eigenvalue weighted by atomic mass is 10.1. The van der Waals surface area contributed by atoms with Crippen molar-refractivity contribution in [2.75, 3.05) is 13.1 Å². The topological polar surface area (TPSA) is 77.8 Å². The van der Waals surface area contributed by atoms with Gasteiger partial charge >= 0.3 is 11.9 Å². The van der Waals surface area contributed by atoms with Crippen LogP contribution in [0.2, 0.25) is 0 Å². The highest BCUT2D eigenvalue weighted by atomic mass is 16.4. The van der Waals surface area contributed by atoms with Crippen LogP contribution in [0.5, 0.6) is 0 Å². The molecule has 0 unspecified atom stereocenters. The molecule has 19 heavy (non-hydrogen) atoms. The maximum atomic E-state index is 10.9. The summed E-state index contributed by atoms with van der Waals surface area (Å²) in [5.41, 5.74) is 2.23. The molecule has 0 saturated carbocycles. The van der Waals surface area contributed by atoms with Gasteiger partial charge in [0.05, 0.1) is 6.54 Å². The van der Waals surface area contributed by atoms with Gasteiger partial charge in [0.25, 0.3) is 0 Å². The van der Waals surface area contributed by atoms with E-state index in [1.165, 1.54) is 11.8 Å². The van der Waals surface area contributed by atoms with E-state index in [9.17, 15) is 9.59 Å². The Morgan fingerprint density at radius 2 is 1.79 bits per heavy atom. The largest absolute Gasteiger partial charge is 0.480 e. The van der Waals surface area contributed by atoms with Crippen molar-refractivity contribution in [1.82, 2.24) is 4.90 Å². The molecule has 0 spiro atoms. The van der Waals surface area contributed by atoms with Crippen LogP contribution in [0, 0.1) is 6.92 Å². The summed E-state index contributed by atoms with van der Waals surface area (Å²) in [4.78, 5) is 23.2. The van der Waals surface area contributed by atoms with E-state index in [4.69, 9.17) is 10.2 Å². The minimum absolute atomic E-state index is 0.265. The van der Waals surface area contributed by atoms with Gasteiger partial charge in [0.2, 0.25) is 0 Å². The van der Waals surface area contributed by atoms with Crippen LogP contribution in [0.15, 0.2) is 24.3 Å². The molecule has 0 radical (unpaired) electrons. The Morgan fingerprint density at radius 1 is 1.21 bits per heavy atom. The number of rotatable bonds is 7. The number of carboxylic acids is 2. The maximum Gasteiger partial charge on any atom is 0.320 e. The molecule has 0 bridgehead atoms. The van der Waals surface area contributed by atoms with Crippen LogP contribution in [0.1, 0.15) is 18.1 Å². The maximum absolute atomic E-state index is 10.9. The second kappa shape index (κ2) is 6.89. The zero-order valence-corrected chi connectivity index (χ0v) is 11.2. The Hall–Kier alpha value is -1.88. The summed E-state index contributed by atoms with van der Waals surface area (Å²) >= 11 is 0. The van der Waals surface area contributed by atoms with Gasteiger partial charge in [0.1, 0.15) is 6.04 Å². The van der Waals surface area contributed by atoms with Gasteiger partial charge in [-0.05, 0) is 25.8 Å². The van der Waals surface area contributed by atoms with E-state index in [-0.39, 0.29) is 6.54 Å². The van der Waals surface area contributed by atoms with Gasteiger partial charge in [-0.2, -0.15) is 0 Å². The highest BCUT2D eigenvalue weighted by Crippen LogP contribution is 2.07. The van der Waals surface area contributed by atoms with E-state index in [0.717, 1.165) is 11.1 Å². The third-order valence-corrected chi connectivity index (χ3v) is 3.05. The van der Waals surface area contributed by atoms with Gasteiger partial charge in [-0.3, -0.25) is 14.5 Å².